The smallest absolute Gasteiger partial charge is 0.270 e. The van der Waals surface area contributed by atoms with Crippen LogP contribution in [0.25, 0.3) is 0 Å². The first-order chi connectivity index (χ1) is 13.0. The van der Waals surface area contributed by atoms with Crippen LogP contribution in [0.1, 0.15) is 22.3 Å². The Morgan fingerprint density at radius 2 is 2.07 bits per heavy atom. The average molecular weight is 393 g/mol. The first kappa shape index (κ1) is 18.8. The van der Waals surface area contributed by atoms with Crippen molar-refractivity contribution in [3.05, 3.63) is 56.6 Å². The summed E-state index contributed by atoms with van der Waals surface area (Å²) in [5, 5.41) is 14.1. The summed E-state index contributed by atoms with van der Waals surface area (Å²) in [7, 11) is 1.39. The lowest BCUT2D eigenvalue weighted by molar-refractivity contribution is -0.384. The Hall–Kier alpha value is -3.00. The van der Waals surface area contributed by atoms with Crippen molar-refractivity contribution in [2.45, 2.75) is 13.0 Å². The molecule has 1 aliphatic rings. The summed E-state index contributed by atoms with van der Waals surface area (Å²) in [6.07, 6.45) is 0.754. The van der Waals surface area contributed by atoms with Crippen LogP contribution in [0, 0.1) is 10.1 Å². The minimum Gasteiger partial charge on any atom is -0.496 e. The number of carbonyl (C=O) groups excluding carboxylic acids is 1. The monoisotopic (exact) mass is 392 g/mol. The summed E-state index contributed by atoms with van der Waals surface area (Å²) < 4.78 is 16.3. The van der Waals surface area contributed by atoms with Gasteiger partial charge in [-0.05, 0) is 23.8 Å². The van der Waals surface area contributed by atoms with Crippen LogP contribution < -0.4 is 19.5 Å². The highest BCUT2D eigenvalue weighted by atomic mass is 35.5. The number of ether oxygens (including phenoxy) is 3. The molecule has 1 amide bonds. The summed E-state index contributed by atoms with van der Waals surface area (Å²) >= 11 is 6.24. The van der Waals surface area contributed by atoms with Gasteiger partial charge in [0.25, 0.3) is 11.6 Å². The largest absolute Gasteiger partial charge is 0.496 e. The Morgan fingerprint density at radius 3 is 2.81 bits per heavy atom. The van der Waals surface area contributed by atoms with E-state index in [2.05, 4.69) is 5.32 Å². The van der Waals surface area contributed by atoms with Crippen LogP contribution in [0.15, 0.2) is 30.3 Å². The number of halogens is 1. The molecule has 1 aliphatic heterocycles. The lowest BCUT2D eigenvalue weighted by Gasteiger charge is -2.13. The molecule has 142 valence electrons. The normalized spacial score (nSPS) is 12.8. The van der Waals surface area contributed by atoms with Crippen LogP contribution in [0.2, 0.25) is 5.02 Å². The zero-order chi connectivity index (χ0) is 19.4. The van der Waals surface area contributed by atoms with Gasteiger partial charge >= 0.3 is 0 Å². The van der Waals surface area contributed by atoms with Gasteiger partial charge in [0, 0.05) is 25.1 Å². The van der Waals surface area contributed by atoms with Crippen molar-refractivity contribution in [2.24, 2.45) is 0 Å². The van der Waals surface area contributed by atoms with Crippen LogP contribution in [0.3, 0.4) is 0 Å². The van der Waals surface area contributed by atoms with E-state index in [1.807, 2.05) is 0 Å². The van der Waals surface area contributed by atoms with Gasteiger partial charge in [-0.3, -0.25) is 14.9 Å². The summed E-state index contributed by atoms with van der Waals surface area (Å²) in [6, 6.07) is 7.27. The highest BCUT2D eigenvalue weighted by molar-refractivity contribution is 6.32. The van der Waals surface area contributed by atoms with Gasteiger partial charge in [0.05, 0.1) is 35.8 Å². The number of rotatable bonds is 5. The molecule has 0 radical (unpaired) electrons. The lowest BCUT2D eigenvalue weighted by Crippen LogP contribution is -2.23. The van der Waals surface area contributed by atoms with E-state index in [1.165, 1.54) is 25.3 Å². The molecule has 0 aromatic heterocycles. The number of carbonyl (C=O) groups is 1. The van der Waals surface area contributed by atoms with Gasteiger partial charge in [-0.2, -0.15) is 0 Å². The average Bonchev–Trinajstić information content (AvgIpc) is 2.91. The SMILES string of the molecule is COc1ccc([N+](=O)[O-])cc1C(=O)NCc1cc(Cl)c2c(c1)OCCCO2. The van der Waals surface area contributed by atoms with Gasteiger partial charge in [-0.15, -0.1) is 0 Å². The number of non-ortho nitro benzene ring substituents is 1. The van der Waals surface area contributed by atoms with E-state index in [-0.39, 0.29) is 23.5 Å². The third kappa shape index (κ3) is 4.22. The Balaban J connectivity index is 1.78. The molecule has 2 aromatic rings. The van der Waals surface area contributed by atoms with Crippen molar-refractivity contribution in [3.8, 4) is 17.2 Å². The molecule has 0 aliphatic carbocycles. The number of hydrogen-bond acceptors (Lipinski definition) is 6. The van der Waals surface area contributed by atoms with Gasteiger partial charge in [-0.1, -0.05) is 11.6 Å². The molecule has 0 saturated carbocycles. The van der Waals surface area contributed by atoms with Crippen molar-refractivity contribution >= 4 is 23.2 Å². The van der Waals surface area contributed by atoms with Crippen LogP contribution in [-0.2, 0) is 6.54 Å². The lowest BCUT2D eigenvalue weighted by atomic mass is 10.1. The Morgan fingerprint density at radius 1 is 1.30 bits per heavy atom. The fourth-order valence-electron chi connectivity index (χ4n) is 2.65. The minimum atomic E-state index is -0.570. The summed E-state index contributed by atoms with van der Waals surface area (Å²) in [5.74, 6) is 0.760. The molecular weight excluding hydrogens is 376 g/mol. The van der Waals surface area contributed by atoms with Gasteiger partial charge in [0.1, 0.15) is 5.75 Å². The maximum Gasteiger partial charge on any atom is 0.270 e. The topological polar surface area (TPSA) is 99.9 Å². The molecule has 0 fully saturated rings. The number of nitrogens with one attached hydrogen (secondary N) is 1. The van der Waals surface area contributed by atoms with E-state index >= 15 is 0 Å². The van der Waals surface area contributed by atoms with Crippen LogP contribution in [0.5, 0.6) is 17.2 Å². The fourth-order valence-corrected chi connectivity index (χ4v) is 2.94. The molecule has 3 rings (SSSR count). The summed E-state index contributed by atoms with van der Waals surface area (Å²) in [5.41, 5.74) is 0.591. The molecule has 9 heteroatoms. The van der Waals surface area contributed by atoms with Crippen molar-refractivity contribution < 1.29 is 23.9 Å². The molecule has 2 aromatic carbocycles. The zero-order valence-corrected chi connectivity index (χ0v) is 15.2. The first-order valence-electron chi connectivity index (χ1n) is 8.18. The maximum atomic E-state index is 12.5. The van der Waals surface area contributed by atoms with E-state index in [4.69, 9.17) is 25.8 Å². The molecule has 1 heterocycles. The Kier molecular flexibility index (Phi) is 5.66. The number of amides is 1. The van der Waals surface area contributed by atoms with E-state index < -0.39 is 10.8 Å². The second-order valence-electron chi connectivity index (χ2n) is 5.78. The predicted molar refractivity (Wildman–Crippen MR) is 97.9 cm³/mol. The number of nitro groups is 1. The second kappa shape index (κ2) is 8.13. The Bertz CT molecular complexity index is 886. The summed E-state index contributed by atoms with van der Waals surface area (Å²) in [4.78, 5) is 22.9. The molecule has 8 nitrogen and oxygen atoms in total. The van der Waals surface area contributed by atoms with Gasteiger partial charge < -0.3 is 19.5 Å². The molecule has 27 heavy (non-hydrogen) atoms. The van der Waals surface area contributed by atoms with E-state index in [0.717, 1.165) is 6.42 Å². The number of benzene rings is 2. The molecule has 0 unspecified atom stereocenters. The number of methoxy groups -OCH3 is 1. The molecule has 1 N–H and O–H groups in total. The van der Waals surface area contributed by atoms with E-state index in [1.54, 1.807) is 12.1 Å². The summed E-state index contributed by atoms with van der Waals surface area (Å²) in [6.45, 7) is 1.19. The number of nitro benzene ring substituents is 1. The van der Waals surface area contributed by atoms with E-state index in [0.29, 0.717) is 35.3 Å². The van der Waals surface area contributed by atoms with Crippen LogP contribution in [-0.4, -0.2) is 31.2 Å². The van der Waals surface area contributed by atoms with Crippen molar-refractivity contribution in [3.63, 3.8) is 0 Å². The van der Waals surface area contributed by atoms with Gasteiger partial charge in [0.15, 0.2) is 11.5 Å². The molecular formula is C18H17ClN2O6. The Labute approximate surface area is 160 Å². The van der Waals surface area contributed by atoms with Crippen molar-refractivity contribution in [1.29, 1.82) is 0 Å². The maximum absolute atomic E-state index is 12.5. The minimum absolute atomic E-state index is 0.0761. The standard InChI is InChI=1S/C18H17ClN2O6/c1-25-15-4-3-12(21(23)24)9-13(15)18(22)20-10-11-7-14(19)17-16(8-11)26-5-2-6-27-17/h3-4,7-9H,2,5-6,10H2,1H3,(H,20,22). The van der Waals surface area contributed by atoms with Gasteiger partial charge in [0.2, 0.25) is 0 Å². The fraction of sp³-hybridized carbons (Fsp3) is 0.278. The van der Waals surface area contributed by atoms with E-state index in [9.17, 15) is 14.9 Å². The molecule has 0 atom stereocenters. The highest BCUT2D eigenvalue weighted by Gasteiger charge is 2.19. The quantitative estimate of drug-likeness (QED) is 0.618. The van der Waals surface area contributed by atoms with Crippen molar-refractivity contribution in [2.75, 3.05) is 20.3 Å². The first-order valence-corrected chi connectivity index (χ1v) is 8.56. The van der Waals surface area contributed by atoms with Crippen LogP contribution in [0.4, 0.5) is 5.69 Å². The third-order valence-corrected chi connectivity index (χ3v) is 4.23. The number of fused-ring (bicyclic) bond motifs is 1. The van der Waals surface area contributed by atoms with Gasteiger partial charge in [-0.25, -0.2) is 0 Å². The highest BCUT2D eigenvalue weighted by Crippen LogP contribution is 2.38. The van der Waals surface area contributed by atoms with Crippen LogP contribution >= 0.6 is 11.6 Å². The van der Waals surface area contributed by atoms with Crippen molar-refractivity contribution in [1.82, 2.24) is 5.32 Å². The number of hydrogen-bond donors (Lipinski definition) is 1. The third-order valence-electron chi connectivity index (χ3n) is 3.95. The number of nitrogens with zero attached hydrogens (tertiary/aromatic N) is 1. The molecule has 0 saturated heterocycles. The zero-order valence-electron chi connectivity index (χ0n) is 14.5. The molecule has 0 bridgehead atoms. The molecule has 0 spiro atoms. The second-order valence-corrected chi connectivity index (χ2v) is 6.19. The predicted octanol–water partition coefficient (Wildman–Crippen LogP) is 3.35.